The molecule has 0 aliphatic heterocycles. The first kappa shape index (κ1) is 15.9. The third-order valence-corrected chi connectivity index (χ3v) is 0. The molecule has 0 heterocycles. The maximum absolute atomic E-state index is 7.57. The molecule has 0 atom stereocenters. The van der Waals surface area contributed by atoms with Crippen molar-refractivity contribution < 1.29 is 10.2 Å². The van der Waals surface area contributed by atoms with Gasteiger partial charge in [0.2, 0.25) is 0 Å². The summed E-state index contributed by atoms with van der Waals surface area (Å²) in [4.78, 5) is 0. The van der Waals surface area contributed by atoms with E-state index in [1.807, 2.05) is 0 Å². The molecule has 2 heteroatoms. The van der Waals surface area contributed by atoms with Crippen LogP contribution in [-0.4, -0.2) is 23.9 Å². The van der Waals surface area contributed by atoms with Crippen LogP contribution in [0.4, 0.5) is 0 Å². The lowest BCUT2D eigenvalue weighted by molar-refractivity contribution is 0.318. The fourth-order valence-electron chi connectivity index (χ4n) is 0. The summed E-state index contributed by atoms with van der Waals surface area (Å²) in [6.45, 7) is 7.93. The van der Waals surface area contributed by atoms with Crippen molar-refractivity contribution in [1.29, 1.82) is 0 Å². The van der Waals surface area contributed by atoms with Crippen LogP contribution >= 0.6 is 0 Å². The van der Waals surface area contributed by atoms with Crippen molar-refractivity contribution in [2.75, 3.05) is 13.7 Å². The van der Waals surface area contributed by atoms with E-state index in [0.717, 1.165) is 7.11 Å². The Hall–Kier alpha value is -0.340. The Balaban J connectivity index is -0.0000000360. The van der Waals surface area contributed by atoms with E-state index in [0.29, 0.717) is 0 Å². The molecule has 0 aromatic carbocycles. The van der Waals surface area contributed by atoms with E-state index in [1.165, 1.54) is 0 Å². The van der Waals surface area contributed by atoms with E-state index in [4.69, 9.17) is 10.2 Å². The number of hydrogen-bond acceptors (Lipinski definition) is 2. The van der Waals surface area contributed by atoms with Crippen LogP contribution in [0.25, 0.3) is 0 Å². The van der Waals surface area contributed by atoms with Gasteiger partial charge in [-0.25, -0.2) is 0 Å². The minimum absolute atomic E-state index is 0.250. The lowest BCUT2D eigenvalue weighted by Crippen LogP contribution is -1.57. The Morgan fingerprint density at radius 2 is 1.29 bits per heavy atom. The van der Waals surface area contributed by atoms with Gasteiger partial charge in [0.25, 0.3) is 0 Å². The highest BCUT2D eigenvalue weighted by Gasteiger charge is 1.34. The number of hydrogen-bond donors (Lipinski definition) is 2. The molecule has 0 spiro atoms. The molecular weight excluding hydrogens is 92.1 g/mol. The van der Waals surface area contributed by atoms with E-state index in [-0.39, 0.29) is 6.61 Å². The van der Waals surface area contributed by atoms with Crippen LogP contribution in [0.1, 0.15) is 6.92 Å². The summed E-state index contributed by atoms with van der Waals surface area (Å²) < 4.78 is 0. The maximum atomic E-state index is 7.57. The third kappa shape index (κ3) is 656. The van der Waals surface area contributed by atoms with Crippen molar-refractivity contribution in [3.63, 3.8) is 0 Å². The molecular formula is C5H14O2. The van der Waals surface area contributed by atoms with Gasteiger partial charge in [-0.2, -0.15) is 0 Å². The Kier molecular flexibility index (Phi) is 642. The highest BCUT2D eigenvalue weighted by molar-refractivity contribution is 4.22. The molecule has 0 aliphatic rings. The number of aliphatic hydroxyl groups excluding tert-OH is 2. The van der Waals surface area contributed by atoms with Gasteiger partial charge in [-0.1, -0.05) is 0 Å². The summed E-state index contributed by atoms with van der Waals surface area (Å²) in [7, 11) is 1.00. The molecule has 0 bridgehead atoms. The predicted molar refractivity (Wildman–Crippen MR) is 32.2 cm³/mol. The Bertz CT molecular complexity index is 10.0. The van der Waals surface area contributed by atoms with Gasteiger partial charge in [-0.05, 0) is 6.92 Å². The second-order valence-electron chi connectivity index (χ2n) is 0.316. The van der Waals surface area contributed by atoms with Gasteiger partial charge < -0.3 is 10.2 Å². The summed E-state index contributed by atoms with van der Waals surface area (Å²) in [6, 6.07) is 0. The monoisotopic (exact) mass is 106 g/mol. The average molecular weight is 106 g/mol. The first-order valence-corrected chi connectivity index (χ1v) is 1.97. The number of rotatable bonds is 0. The van der Waals surface area contributed by atoms with E-state index < -0.39 is 0 Å². The fraction of sp³-hybridized carbons (Fsp3) is 0.600. The van der Waals surface area contributed by atoms with Crippen molar-refractivity contribution in [3.05, 3.63) is 13.2 Å². The summed E-state index contributed by atoms with van der Waals surface area (Å²) >= 11 is 0. The van der Waals surface area contributed by atoms with Crippen LogP contribution in [0.2, 0.25) is 0 Å². The van der Waals surface area contributed by atoms with E-state index in [1.54, 1.807) is 6.92 Å². The van der Waals surface area contributed by atoms with Gasteiger partial charge >= 0.3 is 0 Å². The zero-order valence-corrected chi connectivity index (χ0v) is 5.02. The number of aliphatic hydroxyl groups is 2. The van der Waals surface area contributed by atoms with Gasteiger partial charge in [0.05, 0.1) is 0 Å². The Morgan fingerprint density at radius 3 is 1.29 bits per heavy atom. The zero-order chi connectivity index (χ0) is 6.71. The molecule has 0 saturated heterocycles. The lowest BCUT2D eigenvalue weighted by Gasteiger charge is -1.52. The minimum Gasteiger partial charge on any atom is -0.400 e. The molecule has 0 unspecified atom stereocenters. The second kappa shape index (κ2) is 282. The molecule has 2 nitrogen and oxygen atoms in total. The lowest BCUT2D eigenvalue weighted by atomic mass is 10.9. The largest absolute Gasteiger partial charge is 0.400 e. The Morgan fingerprint density at radius 1 is 1.29 bits per heavy atom. The highest BCUT2D eigenvalue weighted by atomic mass is 16.2. The van der Waals surface area contributed by atoms with Crippen LogP contribution in [-0.2, 0) is 0 Å². The SMILES string of the molecule is C=C.CCO.CO. The van der Waals surface area contributed by atoms with Crippen LogP contribution < -0.4 is 0 Å². The van der Waals surface area contributed by atoms with Gasteiger partial charge in [-0.15, -0.1) is 13.2 Å². The van der Waals surface area contributed by atoms with E-state index in [9.17, 15) is 0 Å². The second-order valence-corrected chi connectivity index (χ2v) is 0.316. The Labute approximate surface area is 45.1 Å². The molecule has 0 saturated carbocycles. The molecule has 0 radical (unpaired) electrons. The highest BCUT2D eigenvalue weighted by Crippen LogP contribution is 1.30. The standard InChI is InChI=1S/C2H6O.C2H4.CH4O/c1-2-3;2*1-2/h3H,2H2,1H3;1-2H2;2H,1H3. The topological polar surface area (TPSA) is 40.5 Å². The molecule has 0 aliphatic carbocycles. The van der Waals surface area contributed by atoms with E-state index in [2.05, 4.69) is 13.2 Å². The molecule has 0 amide bonds. The van der Waals surface area contributed by atoms with Crippen molar-refractivity contribution >= 4 is 0 Å². The first-order chi connectivity index (χ1) is 3.41. The molecule has 0 fully saturated rings. The maximum Gasteiger partial charge on any atom is 0.0402 e. The summed E-state index contributed by atoms with van der Waals surface area (Å²) in [5.41, 5.74) is 0. The quantitative estimate of drug-likeness (QED) is 0.439. The summed E-state index contributed by atoms with van der Waals surface area (Å²) in [6.07, 6.45) is 0. The van der Waals surface area contributed by atoms with Gasteiger partial charge in [0.1, 0.15) is 0 Å². The predicted octanol–water partition coefficient (Wildman–Crippen LogP) is 0.409. The molecule has 0 rings (SSSR count). The molecule has 7 heavy (non-hydrogen) atoms. The van der Waals surface area contributed by atoms with Crippen LogP contribution in [0.5, 0.6) is 0 Å². The summed E-state index contributed by atoms with van der Waals surface area (Å²) in [5, 5.41) is 14.6. The molecule has 0 aromatic rings. The first-order valence-electron chi connectivity index (χ1n) is 1.97. The molecule has 2 N–H and O–H groups in total. The fourth-order valence-corrected chi connectivity index (χ4v) is 0. The minimum atomic E-state index is 0.250. The van der Waals surface area contributed by atoms with Crippen molar-refractivity contribution in [1.82, 2.24) is 0 Å². The van der Waals surface area contributed by atoms with Crippen molar-refractivity contribution in [3.8, 4) is 0 Å². The van der Waals surface area contributed by atoms with Gasteiger partial charge in [-0.3, -0.25) is 0 Å². The van der Waals surface area contributed by atoms with Crippen LogP contribution in [0, 0.1) is 0 Å². The van der Waals surface area contributed by atoms with Crippen LogP contribution in [0.15, 0.2) is 13.2 Å². The van der Waals surface area contributed by atoms with Gasteiger partial charge in [0.15, 0.2) is 0 Å². The smallest absolute Gasteiger partial charge is 0.0402 e. The third-order valence-electron chi connectivity index (χ3n) is 0. The molecule has 0 aromatic heterocycles. The van der Waals surface area contributed by atoms with Crippen molar-refractivity contribution in [2.45, 2.75) is 6.92 Å². The van der Waals surface area contributed by atoms with Gasteiger partial charge in [0, 0.05) is 13.7 Å². The zero-order valence-electron chi connectivity index (χ0n) is 5.02. The van der Waals surface area contributed by atoms with Crippen molar-refractivity contribution in [2.24, 2.45) is 0 Å². The summed E-state index contributed by atoms with van der Waals surface area (Å²) in [5.74, 6) is 0. The normalized spacial score (nSPS) is 4.00. The van der Waals surface area contributed by atoms with Crippen LogP contribution in [0.3, 0.4) is 0 Å². The molecule has 46 valence electrons. The average Bonchev–Trinajstić information content (AvgIpc) is 1.78. The van der Waals surface area contributed by atoms with E-state index >= 15 is 0 Å².